The number of nitrogens with two attached hydrogens (primary N) is 1. The number of benzene rings is 1. The second-order valence-electron chi connectivity index (χ2n) is 4.79. The molecule has 0 aliphatic rings. The number of aliphatic carboxylic acids is 1. The summed E-state index contributed by atoms with van der Waals surface area (Å²) in [6.07, 6.45) is 1.50. The summed E-state index contributed by atoms with van der Waals surface area (Å²) in [6, 6.07) is 6.52. The maximum absolute atomic E-state index is 11.1. The predicted molar refractivity (Wildman–Crippen MR) is 86.3 cm³/mol. The first-order valence-electron chi connectivity index (χ1n) is 6.72. The summed E-state index contributed by atoms with van der Waals surface area (Å²) < 4.78 is 1.64. The smallest absolute Gasteiger partial charge is 0.322 e. The molecule has 0 saturated carbocycles. The molecule has 0 unspecified atom stereocenters. The largest absolute Gasteiger partial charge is 0.480 e. The summed E-state index contributed by atoms with van der Waals surface area (Å²) in [7, 11) is 0. The van der Waals surface area contributed by atoms with Crippen LogP contribution in [0.5, 0.6) is 0 Å². The Hall–Kier alpha value is -3.20. The van der Waals surface area contributed by atoms with Gasteiger partial charge in [0.15, 0.2) is 17.0 Å². The molecule has 3 aromatic rings. The van der Waals surface area contributed by atoms with Gasteiger partial charge < -0.3 is 16.2 Å². The Morgan fingerprint density at radius 1 is 1.25 bits per heavy atom. The van der Waals surface area contributed by atoms with E-state index in [1.54, 1.807) is 28.8 Å². The van der Waals surface area contributed by atoms with Gasteiger partial charge in [0.25, 0.3) is 0 Å². The first-order valence-corrected chi connectivity index (χ1v) is 7.10. The van der Waals surface area contributed by atoms with Crippen molar-refractivity contribution in [3.05, 3.63) is 41.4 Å². The van der Waals surface area contributed by atoms with E-state index in [0.717, 1.165) is 0 Å². The molecule has 0 atom stereocenters. The van der Waals surface area contributed by atoms with Crippen molar-refractivity contribution in [1.29, 1.82) is 0 Å². The van der Waals surface area contributed by atoms with Crippen molar-refractivity contribution in [3.8, 4) is 5.69 Å². The number of primary amides is 1. The Balaban J connectivity index is 2.06. The van der Waals surface area contributed by atoms with E-state index in [9.17, 15) is 9.59 Å². The number of amides is 1. The molecule has 0 radical (unpaired) electrons. The van der Waals surface area contributed by atoms with Gasteiger partial charge in [-0.3, -0.25) is 14.2 Å². The Kier molecular flexibility index (Phi) is 4.00. The van der Waals surface area contributed by atoms with Crippen LogP contribution < -0.4 is 11.1 Å². The van der Waals surface area contributed by atoms with Crippen LogP contribution in [0.2, 0.25) is 5.28 Å². The molecule has 1 amide bonds. The number of anilines is 1. The highest BCUT2D eigenvalue weighted by atomic mass is 35.5. The van der Waals surface area contributed by atoms with Crippen LogP contribution in [0, 0.1) is 0 Å². The van der Waals surface area contributed by atoms with Crippen LogP contribution in [-0.2, 0) is 4.79 Å². The zero-order chi connectivity index (χ0) is 17.3. The van der Waals surface area contributed by atoms with Crippen molar-refractivity contribution in [1.82, 2.24) is 19.5 Å². The van der Waals surface area contributed by atoms with Gasteiger partial charge in [0.2, 0.25) is 11.2 Å². The van der Waals surface area contributed by atoms with Gasteiger partial charge in [0, 0.05) is 11.3 Å². The number of halogens is 1. The molecule has 0 aliphatic heterocycles. The average Bonchev–Trinajstić information content (AvgIpc) is 2.96. The number of rotatable bonds is 5. The van der Waals surface area contributed by atoms with E-state index in [2.05, 4.69) is 20.3 Å². The van der Waals surface area contributed by atoms with E-state index in [1.165, 1.54) is 6.33 Å². The van der Waals surface area contributed by atoms with Gasteiger partial charge in [-0.15, -0.1) is 0 Å². The number of hydrogen-bond donors (Lipinski definition) is 3. The van der Waals surface area contributed by atoms with Crippen LogP contribution in [-0.4, -0.2) is 43.0 Å². The lowest BCUT2D eigenvalue weighted by Gasteiger charge is -2.06. The summed E-state index contributed by atoms with van der Waals surface area (Å²) in [6.45, 7) is -0.331. The van der Waals surface area contributed by atoms with Gasteiger partial charge in [0.1, 0.15) is 12.9 Å². The molecule has 0 fully saturated rings. The van der Waals surface area contributed by atoms with E-state index in [1.807, 2.05) is 0 Å². The van der Waals surface area contributed by atoms with Gasteiger partial charge in [-0.25, -0.2) is 4.98 Å². The Morgan fingerprint density at radius 3 is 2.58 bits per heavy atom. The SMILES string of the molecule is NC(=O)c1ccc(-n2cnc3c(NCC(=O)O)nc(Cl)nc32)cc1. The molecular weight excluding hydrogens is 336 g/mol. The summed E-state index contributed by atoms with van der Waals surface area (Å²) in [5, 5.41) is 11.4. The lowest BCUT2D eigenvalue weighted by Crippen LogP contribution is -2.14. The molecule has 0 saturated heterocycles. The van der Waals surface area contributed by atoms with E-state index in [4.69, 9.17) is 22.4 Å². The quantitative estimate of drug-likeness (QED) is 0.587. The Labute approximate surface area is 140 Å². The molecule has 2 aromatic heterocycles. The molecule has 1 aromatic carbocycles. The maximum Gasteiger partial charge on any atom is 0.322 e. The van der Waals surface area contributed by atoms with Crippen molar-refractivity contribution >= 4 is 40.5 Å². The average molecular weight is 347 g/mol. The molecule has 0 bridgehead atoms. The van der Waals surface area contributed by atoms with Crippen molar-refractivity contribution in [2.75, 3.05) is 11.9 Å². The molecule has 4 N–H and O–H groups in total. The molecule has 0 aliphatic carbocycles. The Bertz CT molecular complexity index is 938. The highest BCUT2D eigenvalue weighted by Crippen LogP contribution is 2.23. The van der Waals surface area contributed by atoms with Crippen LogP contribution in [0.15, 0.2) is 30.6 Å². The molecule has 9 nitrogen and oxygen atoms in total. The van der Waals surface area contributed by atoms with Crippen LogP contribution in [0.1, 0.15) is 10.4 Å². The van der Waals surface area contributed by atoms with Crippen LogP contribution in [0.3, 0.4) is 0 Å². The minimum absolute atomic E-state index is 0.0501. The first-order chi connectivity index (χ1) is 11.5. The molecule has 0 spiro atoms. The molecule has 24 heavy (non-hydrogen) atoms. The molecule has 3 rings (SSSR count). The zero-order valence-corrected chi connectivity index (χ0v) is 12.9. The minimum atomic E-state index is -1.04. The third-order valence-corrected chi connectivity index (χ3v) is 3.37. The summed E-state index contributed by atoms with van der Waals surface area (Å²) in [4.78, 5) is 34.1. The lowest BCUT2D eigenvalue weighted by atomic mass is 10.2. The van der Waals surface area contributed by atoms with E-state index < -0.39 is 11.9 Å². The molecule has 122 valence electrons. The number of aromatic nitrogens is 4. The van der Waals surface area contributed by atoms with Gasteiger partial charge in [0.05, 0.1) is 0 Å². The fourth-order valence-corrected chi connectivity index (χ4v) is 2.30. The topological polar surface area (TPSA) is 136 Å². The van der Waals surface area contributed by atoms with E-state index >= 15 is 0 Å². The highest BCUT2D eigenvalue weighted by molar-refractivity contribution is 6.28. The van der Waals surface area contributed by atoms with Crippen molar-refractivity contribution < 1.29 is 14.7 Å². The summed E-state index contributed by atoms with van der Waals surface area (Å²) in [5.41, 5.74) is 7.05. The highest BCUT2D eigenvalue weighted by Gasteiger charge is 2.14. The third kappa shape index (κ3) is 2.97. The number of hydrogen-bond acceptors (Lipinski definition) is 6. The van der Waals surface area contributed by atoms with E-state index in [0.29, 0.717) is 22.4 Å². The first kappa shape index (κ1) is 15.7. The predicted octanol–water partition coefficient (Wildman–Crippen LogP) is 1.06. The van der Waals surface area contributed by atoms with Crippen molar-refractivity contribution in [2.24, 2.45) is 5.73 Å². The number of fused-ring (bicyclic) bond motifs is 1. The van der Waals surface area contributed by atoms with Crippen LogP contribution in [0.25, 0.3) is 16.9 Å². The zero-order valence-electron chi connectivity index (χ0n) is 12.1. The number of carboxylic acid groups (broad SMARTS) is 1. The van der Waals surface area contributed by atoms with Crippen LogP contribution >= 0.6 is 11.6 Å². The number of carbonyl (C=O) groups is 2. The minimum Gasteiger partial charge on any atom is -0.480 e. The number of nitrogens with one attached hydrogen (secondary N) is 1. The normalized spacial score (nSPS) is 10.7. The Morgan fingerprint density at radius 2 is 1.96 bits per heavy atom. The molecule has 2 heterocycles. The second-order valence-corrected chi connectivity index (χ2v) is 5.12. The lowest BCUT2D eigenvalue weighted by molar-refractivity contribution is -0.134. The van der Waals surface area contributed by atoms with Gasteiger partial charge in [-0.2, -0.15) is 9.97 Å². The second kappa shape index (κ2) is 6.13. The van der Waals surface area contributed by atoms with Crippen molar-refractivity contribution in [2.45, 2.75) is 0 Å². The maximum atomic E-state index is 11.1. The summed E-state index contributed by atoms with van der Waals surface area (Å²) >= 11 is 5.91. The number of carboxylic acids is 1. The van der Waals surface area contributed by atoms with Crippen molar-refractivity contribution in [3.63, 3.8) is 0 Å². The van der Waals surface area contributed by atoms with Crippen LogP contribution in [0.4, 0.5) is 5.82 Å². The fourth-order valence-electron chi connectivity index (χ4n) is 2.13. The van der Waals surface area contributed by atoms with Gasteiger partial charge >= 0.3 is 5.97 Å². The monoisotopic (exact) mass is 346 g/mol. The van der Waals surface area contributed by atoms with Gasteiger partial charge in [-0.1, -0.05) is 0 Å². The standard InChI is InChI=1S/C14H11ClN6O3/c15-14-19-12(17-5-9(22)23)10-13(20-14)21(6-18-10)8-3-1-7(2-4-8)11(16)24/h1-4,6H,5H2,(H2,16,24)(H,22,23)(H,17,19,20). The third-order valence-electron chi connectivity index (χ3n) is 3.21. The van der Waals surface area contributed by atoms with Gasteiger partial charge in [-0.05, 0) is 35.9 Å². The fraction of sp³-hybridized carbons (Fsp3) is 0.0714. The molecular formula is C14H11ClN6O3. The number of carbonyl (C=O) groups excluding carboxylic acids is 1. The summed E-state index contributed by atoms with van der Waals surface area (Å²) in [5.74, 6) is -1.35. The number of nitrogens with zero attached hydrogens (tertiary/aromatic N) is 4. The van der Waals surface area contributed by atoms with E-state index in [-0.39, 0.29) is 17.6 Å². The number of imidazole rings is 1. The molecule has 10 heteroatoms.